The molecule has 0 aliphatic heterocycles. The minimum Gasteiger partial charge on any atom is -1.00 e. The Kier molecular flexibility index (Phi) is 21.0. The molecule has 0 fully saturated rings. The standard InChI is InChI=1S/2C6H14N.C4H8O2.ClH/c2*1-5-6-7(2,3)4;1-2-3-4(5)6;/h2*5H,1,6H2,2-4H3;2-3H2,1H3,(H,5,6);1H/q2*+1;;/p-2. The summed E-state index contributed by atoms with van der Waals surface area (Å²) in [5.41, 5.74) is 0. The lowest BCUT2D eigenvalue weighted by molar-refractivity contribution is -0.864. The SMILES string of the molecule is C=CC[N+](C)(C)C.C=CC[N+](C)(C)C.CCCC(=O)[O-].[Cl-]. The van der Waals surface area contributed by atoms with Crippen LogP contribution in [-0.4, -0.2) is 70.3 Å². The van der Waals surface area contributed by atoms with Gasteiger partial charge >= 0.3 is 0 Å². The van der Waals surface area contributed by atoms with E-state index in [2.05, 4.69) is 55.4 Å². The quantitative estimate of drug-likeness (QED) is 0.432. The fourth-order valence-electron chi connectivity index (χ4n) is 0.979. The average molecular weight is 323 g/mol. The largest absolute Gasteiger partial charge is 1.00 e. The van der Waals surface area contributed by atoms with Gasteiger partial charge in [-0.25, -0.2) is 0 Å². The van der Waals surface area contributed by atoms with Crippen molar-refractivity contribution in [1.29, 1.82) is 0 Å². The van der Waals surface area contributed by atoms with E-state index in [0.29, 0.717) is 6.42 Å². The predicted octanol–water partition coefficient (Wildman–Crippen LogP) is -1.70. The van der Waals surface area contributed by atoms with Gasteiger partial charge in [0.05, 0.1) is 55.4 Å². The molecule has 128 valence electrons. The van der Waals surface area contributed by atoms with Crippen molar-refractivity contribution in [3.8, 4) is 0 Å². The molecule has 0 saturated carbocycles. The maximum absolute atomic E-state index is 9.49. The van der Waals surface area contributed by atoms with E-state index in [4.69, 9.17) is 0 Å². The van der Waals surface area contributed by atoms with Gasteiger partial charge in [-0.15, -0.1) is 0 Å². The molecule has 0 aromatic heterocycles. The van der Waals surface area contributed by atoms with Crippen molar-refractivity contribution in [3.63, 3.8) is 0 Å². The third-order valence-electron chi connectivity index (χ3n) is 1.81. The van der Waals surface area contributed by atoms with Gasteiger partial charge in [0.2, 0.25) is 0 Å². The summed E-state index contributed by atoms with van der Waals surface area (Å²) in [6.07, 6.45) is 4.71. The normalized spacial score (nSPS) is 9.86. The number of carbonyl (C=O) groups excluding carboxylic acids is 1. The first kappa shape index (κ1) is 28.3. The van der Waals surface area contributed by atoms with Crippen LogP contribution in [0.25, 0.3) is 0 Å². The molecule has 21 heavy (non-hydrogen) atoms. The molecule has 0 aromatic carbocycles. The van der Waals surface area contributed by atoms with E-state index in [0.717, 1.165) is 22.1 Å². The van der Waals surface area contributed by atoms with E-state index in [1.54, 1.807) is 6.92 Å². The predicted molar refractivity (Wildman–Crippen MR) is 86.1 cm³/mol. The first-order chi connectivity index (χ1) is 8.89. The molecule has 0 aliphatic carbocycles. The van der Waals surface area contributed by atoms with E-state index >= 15 is 0 Å². The number of halogens is 1. The van der Waals surface area contributed by atoms with Gasteiger partial charge in [0.15, 0.2) is 0 Å². The Morgan fingerprint density at radius 1 is 0.952 bits per heavy atom. The minimum atomic E-state index is -0.961. The number of rotatable bonds is 6. The van der Waals surface area contributed by atoms with Gasteiger partial charge in [-0.2, -0.15) is 0 Å². The third-order valence-corrected chi connectivity index (χ3v) is 1.81. The molecular weight excluding hydrogens is 288 g/mol. The molecule has 0 atom stereocenters. The van der Waals surface area contributed by atoms with Crippen LogP contribution in [0, 0.1) is 0 Å². The molecule has 0 aliphatic rings. The van der Waals surface area contributed by atoms with Crippen molar-refractivity contribution in [3.05, 3.63) is 25.3 Å². The van der Waals surface area contributed by atoms with Crippen LogP contribution in [0.2, 0.25) is 0 Å². The zero-order chi connectivity index (χ0) is 16.8. The molecule has 0 bridgehead atoms. The van der Waals surface area contributed by atoms with Crippen LogP contribution in [0.4, 0.5) is 0 Å². The molecule has 4 nitrogen and oxygen atoms in total. The second-order valence-corrected chi connectivity index (χ2v) is 6.65. The van der Waals surface area contributed by atoms with Crippen LogP contribution < -0.4 is 17.5 Å². The summed E-state index contributed by atoms with van der Waals surface area (Å²) in [6, 6.07) is 0. The first-order valence-electron chi connectivity index (χ1n) is 6.92. The van der Waals surface area contributed by atoms with Crippen molar-refractivity contribution in [2.45, 2.75) is 19.8 Å². The van der Waals surface area contributed by atoms with Crippen LogP contribution >= 0.6 is 0 Å². The van der Waals surface area contributed by atoms with E-state index in [1.165, 1.54) is 0 Å². The van der Waals surface area contributed by atoms with Crippen molar-refractivity contribution >= 4 is 5.97 Å². The first-order valence-corrected chi connectivity index (χ1v) is 6.92. The van der Waals surface area contributed by atoms with E-state index < -0.39 is 5.97 Å². The summed E-state index contributed by atoms with van der Waals surface area (Å²) in [4.78, 5) is 9.49. The number of aliphatic carboxylic acids is 1. The Labute approximate surface area is 138 Å². The molecule has 0 aromatic rings. The number of carboxylic acid groups (broad SMARTS) is 1. The lowest BCUT2D eigenvalue weighted by atomic mass is 10.4. The molecular formula is C16H35ClN2O2. The van der Waals surface area contributed by atoms with Gasteiger partial charge in [-0.3, -0.25) is 0 Å². The Morgan fingerprint density at radius 2 is 1.24 bits per heavy atom. The zero-order valence-electron chi connectivity index (χ0n) is 15.0. The van der Waals surface area contributed by atoms with Gasteiger partial charge in [-0.05, 0) is 18.6 Å². The molecule has 0 saturated heterocycles. The fourth-order valence-corrected chi connectivity index (χ4v) is 0.979. The monoisotopic (exact) mass is 322 g/mol. The molecule has 0 N–H and O–H groups in total. The van der Waals surface area contributed by atoms with Gasteiger partial charge < -0.3 is 31.3 Å². The van der Waals surface area contributed by atoms with Crippen LogP contribution in [0.3, 0.4) is 0 Å². The highest BCUT2D eigenvalue weighted by Crippen LogP contribution is 1.87. The number of likely N-dealkylation sites (N-methyl/N-ethyl adjacent to an activating group) is 2. The van der Waals surface area contributed by atoms with Crippen molar-refractivity contribution < 1.29 is 31.3 Å². The van der Waals surface area contributed by atoms with Gasteiger partial charge in [-0.1, -0.05) is 26.5 Å². The topological polar surface area (TPSA) is 40.1 Å². The molecule has 0 spiro atoms. The van der Waals surface area contributed by atoms with E-state index in [1.807, 2.05) is 12.2 Å². The number of carboxylic acids is 1. The summed E-state index contributed by atoms with van der Waals surface area (Å²) in [6.45, 7) is 11.1. The number of quaternary nitrogens is 2. The number of hydrogen-bond acceptors (Lipinski definition) is 2. The Balaban J connectivity index is -0.000000101. The fraction of sp³-hybridized carbons (Fsp3) is 0.688. The molecule has 0 rings (SSSR count). The summed E-state index contributed by atoms with van der Waals surface area (Å²) in [5, 5.41) is 9.49. The second-order valence-electron chi connectivity index (χ2n) is 6.65. The summed E-state index contributed by atoms with van der Waals surface area (Å²) >= 11 is 0. The number of hydrogen-bond donors (Lipinski definition) is 0. The second kappa shape index (κ2) is 15.5. The highest BCUT2D eigenvalue weighted by molar-refractivity contribution is 5.63. The van der Waals surface area contributed by atoms with E-state index in [9.17, 15) is 9.90 Å². The number of carbonyl (C=O) groups is 1. The average Bonchev–Trinajstić information content (AvgIpc) is 2.14. The van der Waals surface area contributed by atoms with Gasteiger partial charge in [0.25, 0.3) is 0 Å². The smallest absolute Gasteiger partial charge is 0.0964 e. The Hall–Kier alpha value is -0.840. The highest BCUT2D eigenvalue weighted by Gasteiger charge is 2.00. The van der Waals surface area contributed by atoms with Crippen molar-refractivity contribution in [1.82, 2.24) is 0 Å². The molecule has 0 heterocycles. The van der Waals surface area contributed by atoms with Crippen LogP contribution in [0.1, 0.15) is 19.8 Å². The van der Waals surface area contributed by atoms with Gasteiger partial charge in [0.1, 0.15) is 0 Å². The molecule has 5 heteroatoms. The Bertz CT molecular complexity index is 246. The zero-order valence-corrected chi connectivity index (χ0v) is 15.7. The lowest BCUT2D eigenvalue weighted by Gasteiger charge is -2.21. The van der Waals surface area contributed by atoms with Crippen LogP contribution in [-0.2, 0) is 4.79 Å². The summed E-state index contributed by atoms with van der Waals surface area (Å²) in [7, 11) is 12.8. The molecule has 0 amide bonds. The maximum Gasteiger partial charge on any atom is 0.0964 e. The van der Waals surface area contributed by atoms with Crippen molar-refractivity contribution in [2.24, 2.45) is 0 Å². The molecule has 0 radical (unpaired) electrons. The van der Waals surface area contributed by atoms with Crippen LogP contribution in [0.5, 0.6) is 0 Å². The highest BCUT2D eigenvalue weighted by atomic mass is 35.5. The summed E-state index contributed by atoms with van der Waals surface area (Å²) < 4.78 is 1.95. The van der Waals surface area contributed by atoms with Crippen LogP contribution in [0.15, 0.2) is 25.3 Å². The third kappa shape index (κ3) is 54.7. The van der Waals surface area contributed by atoms with Crippen molar-refractivity contribution in [2.75, 3.05) is 55.4 Å². The lowest BCUT2D eigenvalue weighted by Crippen LogP contribution is -3.00. The number of nitrogens with zero attached hydrogens (tertiary/aromatic N) is 2. The van der Waals surface area contributed by atoms with E-state index in [-0.39, 0.29) is 18.8 Å². The summed E-state index contributed by atoms with van der Waals surface area (Å²) in [5.74, 6) is -0.961. The van der Waals surface area contributed by atoms with Gasteiger partial charge in [0, 0.05) is 5.97 Å². The Morgan fingerprint density at radius 3 is 1.24 bits per heavy atom. The minimum absolute atomic E-state index is 0. The maximum atomic E-state index is 9.49. The molecule has 0 unspecified atom stereocenters.